The molecule has 0 amide bonds. The van der Waals surface area contributed by atoms with E-state index >= 15 is 0 Å². The quantitative estimate of drug-likeness (QED) is 0.237. The van der Waals surface area contributed by atoms with Gasteiger partial charge in [0.25, 0.3) is 0 Å². The van der Waals surface area contributed by atoms with Crippen molar-refractivity contribution in [1.29, 1.82) is 0 Å². The highest BCUT2D eigenvalue weighted by atomic mass is 16.5. The first-order valence-electron chi connectivity index (χ1n) is 14.2. The standard InChI is InChI=1S/C32H47NO5/c1-22(2)38-30-15-10-14-28(29(30)13-8-9-16-31(35)36)23(3)37-21-27(34)20-33-32(4,5)19-24-17-25-11-6-7-12-26(25)18-24/h6-7,10-12,14-15,22-24,27,33-34H,8-9,13,16-21H2,1-5H3,(H,35,36)/t23-,27-/m1/s1. The molecular formula is C32H47NO5. The van der Waals surface area contributed by atoms with Gasteiger partial charge in [0.1, 0.15) is 5.75 Å². The highest BCUT2D eigenvalue weighted by Gasteiger charge is 2.28. The minimum Gasteiger partial charge on any atom is -0.491 e. The number of aliphatic hydroxyl groups excluding tert-OH is 1. The highest BCUT2D eigenvalue weighted by molar-refractivity contribution is 5.66. The fourth-order valence-electron chi connectivity index (χ4n) is 5.56. The van der Waals surface area contributed by atoms with Gasteiger partial charge in [0.05, 0.1) is 24.9 Å². The van der Waals surface area contributed by atoms with Crippen molar-refractivity contribution in [2.45, 2.75) is 103 Å². The lowest BCUT2D eigenvalue weighted by molar-refractivity contribution is -0.137. The summed E-state index contributed by atoms with van der Waals surface area (Å²) in [6.45, 7) is 11.1. The van der Waals surface area contributed by atoms with Gasteiger partial charge in [-0.05, 0) is 107 Å². The van der Waals surface area contributed by atoms with E-state index in [1.165, 1.54) is 11.1 Å². The first-order chi connectivity index (χ1) is 18.0. The molecule has 2 aromatic carbocycles. The van der Waals surface area contributed by atoms with Crippen molar-refractivity contribution in [3.63, 3.8) is 0 Å². The Hall–Kier alpha value is -2.41. The van der Waals surface area contributed by atoms with Crippen molar-refractivity contribution in [3.8, 4) is 5.75 Å². The van der Waals surface area contributed by atoms with Crippen LogP contribution in [0.2, 0.25) is 0 Å². The van der Waals surface area contributed by atoms with Crippen molar-refractivity contribution in [3.05, 3.63) is 64.7 Å². The molecule has 0 aromatic heterocycles. The lowest BCUT2D eigenvalue weighted by Crippen LogP contribution is -2.45. The van der Waals surface area contributed by atoms with E-state index in [2.05, 4.69) is 43.4 Å². The molecule has 0 aliphatic heterocycles. The third kappa shape index (κ3) is 9.40. The number of nitrogens with one attached hydrogen (secondary N) is 1. The first-order valence-corrected chi connectivity index (χ1v) is 14.2. The maximum atomic E-state index is 10.9. The highest BCUT2D eigenvalue weighted by Crippen LogP contribution is 2.33. The van der Waals surface area contributed by atoms with Gasteiger partial charge in [-0.15, -0.1) is 0 Å². The summed E-state index contributed by atoms with van der Waals surface area (Å²) in [5, 5.41) is 23.3. The Bertz CT molecular complexity index is 1010. The number of ether oxygens (including phenoxy) is 2. The Morgan fingerprint density at radius 1 is 1.05 bits per heavy atom. The lowest BCUT2D eigenvalue weighted by atomic mass is 9.88. The summed E-state index contributed by atoms with van der Waals surface area (Å²) >= 11 is 0. The Morgan fingerprint density at radius 3 is 2.37 bits per heavy atom. The maximum absolute atomic E-state index is 10.9. The van der Waals surface area contributed by atoms with Crippen LogP contribution in [0, 0.1) is 5.92 Å². The number of unbranched alkanes of at least 4 members (excludes halogenated alkanes) is 1. The zero-order valence-corrected chi connectivity index (χ0v) is 23.8. The summed E-state index contributed by atoms with van der Waals surface area (Å²) in [5.41, 5.74) is 4.95. The Balaban J connectivity index is 1.51. The average molecular weight is 526 g/mol. The van der Waals surface area contributed by atoms with Crippen molar-refractivity contribution in [2.75, 3.05) is 13.2 Å². The molecule has 0 bridgehead atoms. The third-order valence-electron chi connectivity index (χ3n) is 7.33. The summed E-state index contributed by atoms with van der Waals surface area (Å²) in [4.78, 5) is 10.9. The summed E-state index contributed by atoms with van der Waals surface area (Å²) in [6.07, 6.45) is 4.77. The van der Waals surface area contributed by atoms with Gasteiger partial charge in [-0.2, -0.15) is 0 Å². The zero-order chi connectivity index (χ0) is 27.7. The van der Waals surface area contributed by atoms with Crippen LogP contribution in [0.4, 0.5) is 0 Å². The molecule has 1 aliphatic rings. The molecule has 0 heterocycles. The van der Waals surface area contributed by atoms with E-state index in [9.17, 15) is 9.90 Å². The summed E-state index contributed by atoms with van der Waals surface area (Å²) < 4.78 is 12.2. The van der Waals surface area contributed by atoms with E-state index in [4.69, 9.17) is 14.6 Å². The van der Waals surface area contributed by atoms with E-state index in [0.717, 1.165) is 49.0 Å². The van der Waals surface area contributed by atoms with Crippen LogP contribution < -0.4 is 10.1 Å². The van der Waals surface area contributed by atoms with Crippen molar-refractivity contribution in [2.24, 2.45) is 5.92 Å². The minimum atomic E-state index is -0.771. The Kier molecular flexibility index (Phi) is 11.2. The van der Waals surface area contributed by atoms with Gasteiger partial charge in [-0.25, -0.2) is 0 Å². The molecule has 0 saturated carbocycles. The molecule has 2 aromatic rings. The predicted molar refractivity (Wildman–Crippen MR) is 152 cm³/mol. The average Bonchev–Trinajstić information content (AvgIpc) is 3.25. The number of rotatable bonds is 16. The molecule has 0 radical (unpaired) electrons. The number of hydrogen-bond acceptors (Lipinski definition) is 5. The molecule has 38 heavy (non-hydrogen) atoms. The molecule has 6 heteroatoms. The molecule has 0 fully saturated rings. The number of benzene rings is 2. The number of carboxylic acid groups (broad SMARTS) is 1. The normalized spacial score (nSPS) is 15.4. The van der Waals surface area contributed by atoms with Crippen LogP contribution in [-0.4, -0.2) is 47.1 Å². The number of hydrogen-bond donors (Lipinski definition) is 3. The smallest absolute Gasteiger partial charge is 0.303 e. The Morgan fingerprint density at radius 2 is 1.74 bits per heavy atom. The molecule has 2 atom stereocenters. The number of aliphatic hydroxyl groups is 1. The van der Waals surface area contributed by atoms with Crippen LogP contribution in [0.5, 0.6) is 5.75 Å². The SMILES string of the molecule is CC(C)Oc1cccc([C@@H](C)OC[C@H](O)CNC(C)(C)CC2Cc3ccccc3C2)c1CCCCC(=O)O. The summed E-state index contributed by atoms with van der Waals surface area (Å²) in [7, 11) is 0. The van der Waals surface area contributed by atoms with Crippen LogP contribution in [-0.2, 0) is 28.8 Å². The molecule has 6 nitrogen and oxygen atoms in total. The van der Waals surface area contributed by atoms with Crippen molar-refractivity contribution >= 4 is 5.97 Å². The second kappa shape index (κ2) is 14.1. The molecule has 0 saturated heterocycles. The molecule has 3 N–H and O–H groups in total. The number of carboxylic acids is 1. The second-order valence-electron chi connectivity index (χ2n) is 11.7. The number of β-amino-alcohol motifs (C(OH)–C–C–N with tert-alkyl or cyclic N) is 1. The fourth-order valence-corrected chi connectivity index (χ4v) is 5.56. The van der Waals surface area contributed by atoms with Crippen LogP contribution in [0.1, 0.15) is 88.7 Å². The number of fused-ring (bicyclic) bond motifs is 1. The molecule has 210 valence electrons. The monoisotopic (exact) mass is 525 g/mol. The number of carbonyl (C=O) groups is 1. The lowest BCUT2D eigenvalue weighted by Gasteiger charge is -2.31. The van der Waals surface area contributed by atoms with Gasteiger partial charge in [0.2, 0.25) is 0 Å². The van der Waals surface area contributed by atoms with Crippen LogP contribution in [0.25, 0.3) is 0 Å². The van der Waals surface area contributed by atoms with E-state index in [1.807, 2.05) is 39.0 Å². The second-order valence-corrected chi connectivity index (χ2v) is 11.7. The minimum absolute atomic E-state index is 0.0360. The molecule has 1 aliphatic carbocycles. The topological polar surface area (TPSA) is 88.0 Å². The van der Waals surface area contributed by atoms with E-state index < -0.39 is 12.1 Å². The van der Waals surface area contributed by atoms with Gasteiger partial charge < -0.3 is 25.0 Å². The maximum Gasteiger partial charge on any atom is 0.303 e. The van der Waals surface area contributed by atoms with Gasteiger partial charge >= 0.3 is 5.97 Å². The first kappa shape index (κ1) is 30.1. The zero-order valence-electron chi connectivity index (χ0n) is 23.8. The molecule has 3 rings (SSSR count). The van der Waals surface area contributed by atoms with Gasteiger partial charge in [-0.1, -0.05) is 36.4 Å². The van der Waals surface area contributed by atoms with E-state index in [1.54, 1.807) is 0 Å². The summed E-state index contributed by atoms with van der Waals surface area (Å²) in [5.74, 6) is 0.673. The molecular weight excluding hydrogens is 478 g/mol. The van der Waals surface area contributed by atoms with Crippen molar-refractivity contribution in [1.82, 2.24) is 5.32 Å². The van der Waals surface area contributed by atoms with E-state index in [-0.39, 0.29) is 30.8 Å². The Labute approximate surface area is 228 Å². The van der Waals surface area contributed by atoms with Gasteiger partial charge in [-0.3, -0.25) is 4.79 Å². The third-order valence-corrected chi connectivity index (χ3v) is 7.33. The van der Waals surface area contributed by atoms with Crippen LogP contribution in [0.15, 0.2) is 42.5 Å². The van der Waals surface area contributed by atoms with Crippen LogP contribution >= 0.6 is 0 Å². The van der Waals surface area contributed by atoms with Gasteiger partial charge in [0, 0.05) is 18.5 Å². The fraction of sp³-hybridized carbons (Fsp3) is 0.594. The molecule has 0 spiro atoms. The summed E-state index contributed by atoms with van der Waals surface area (Å²) in [6, 6.07) is 14.7. The van der Waals surface area contributed by atoms with Crippen molar-refractivity contribution < 1.29 is 24.5 Å². The van der Waals surface area contributed by atoms with Gasteiger partial charge in [0.15, 0.2) is 0 Å². The predicted octanol–water partition coefficient (Wildman–Crippen LogP) is 5.88. The van der Waals surface area contributed by atoms with Crippen LogP contribution in [0.3, 0.4) is 0 Å². The number of aliphatic carboxylic acids is 1. The largest absolute Gasteiger partial charge is 0.491 e. The van der Waals surface area contributed by atoms with E-state index in [0.29, 0.717) is 18.9 Å². The molecule has 0 unspecified atom stereocenters.